The molecule has 0 spiro atoms. The maximum atomic E-state index is 12.9. The summed E-state index contributed by atoms with van der Waals surface area (Å²) in [5.41, 5.74) is 0.524. The van der Waals surface area contributed by atoms with Gasteiger partial charge in [-0.25, -0.2) is 0 Å². The SMILES string of the molecule is Cc1cc(Cl)ccc1OC(C)(C)C(=O)NC1[C@@H]2CC3(C(=O)O)CC=C2[C@@H]1C3. The highest BCUT2D eigenvalue weighted by molar-refractivity contribution is 6.30. The van der Waals surface area contributed by atoms with Crippen molar-refractivity contribution in [1.82, 2.24) is 5.32 Å². The smallest absolute Gasteiger partial charge is 0.309 e. The van der Waals surface area contributed by atoms with Gasteiger partial charge < -0.3 is 15.2 Å². The summed E-state index contributed by atoms with van der Waals surface area (Å²) >= 11 is 5.98. The van der Waals surface area contributed by atoms with Crippen LogP contribution >= 0.6 is 11.6 Å². The largest absolute Gasteiger partial charge is 0.481 e. The van der Waals surface area contributed by atoms with Gasteiger partial charge in [0.05, 0.1) is 5.41 Å². The Hall–Kier alpha value is -2.01. The summed E-state index contributed by atoms with van der Waals surface area (Å²) in [7, 11) is 0. The monoisotopic (exact) mass is 389 g/mol. The van der Waals surface area contributed by atoms with Crippen LogP contribution in [-0.4, -0.2) is 28.6 Å². The fourth-order valence-corrected chi connectivity index (χ4v) is 5.11. The van der Waals surface area contributed by atoms with Crippen LogP contribution in [0.2, 0.25) is 5.02 Å². The fraction of sp³-hybridized carbons (Fsp3) is 0.524. The summed E-state index contributed by atoms with van der Waals surface area (Å²) in [6.07, 6.45) is 3.94. The predicted octanol–water partition coefficient (Wildman–Crippen LogP) is 3.73. The Kier molecular flexibility index (Phi) is 4.08. The topological polar surface area (TPSA) is 75.6 Å². The molecule has 3 saturated carbocycles. The van der Waals surface area contributed by atoms with Gasteiger partial charge in [0, 0.05) is 22.9 Å². The van der Waals surface area contributed by atoms with E-state index < -0.39 is 17.0 Å². The highest BCUT2D eigenvalue weighted by Crippen LogP contribution is 2.62. The van der Waals surface area contributed by atoms with Crippen molar-refractivity contribution < 1.29 is 19.4 Å². The van der Waals surface area contributed by atoms with Crippen LogP contribution in [0.4, 0.5) is 0 Å². The predicted molar refractivity (Wildman–Crippen MR) is 102 cm³/mol. The fourth-order valence-electron chi connectivity index (χ4n) is 4.89. The first-order valence-electron chi connectivity index (χ1n) is 9.32. The van der Waals surface area contributed by atoms with Gasteiger partial charge in [0.2, 0.25) is 0 Å². The van der Waals surface area contributed by atoms with Gasteiger partial charge in [0.25, 0.3) is 5.91 Å². The number of aryl methyl sites for hydroxylation is 1. The zero-order valence-corrected chi connectivity index (χ0v) is 16.5. The van der Waals surface area contributed by atoms with Crippen molar-refractivity contribution in [1.29, 1.82) is 0 Å². The summed E-state index contributed by atoms with van der Waals surface area (Å²) in [6, 6.07) is 5.31. The van der Waals surface area contributed by atoms with E-state index in [0.717, 1.165) is 5.56 Å². The molecule has 5 aliphatic carbocycles. The number of hydrogen-bond acceptors (Lipinski definition) is 3. The van der Waals surface area contributed by atoms with E-state index in [1.165, 1.54) is 5.57 Å². The lowest BCUT2D eigenvalue weighted by Crippen LogP contribution is -2.66. The molecule has 4 bridgehead atoms. The minimum Gasteiger partial charge on any atom is -0.481 e. The van der Waals surface area contributed by atoms with E-state index in [-0.39, 0.29) is 23.8 Å². The summed E-state index contributed by atoms with van der Waals surface area (Å²) in [5.74, 6) is 0.0228. The Morgan fingerprint density at radius 3 is 2.56 bits per heavy atom. The van der Waals surface area contributed by atoms with Gasteiger partial charge in [0.15, 0.2) is 5.60 Å². The first kappa shape index (κ1) is 18.4. The molecule has 6 rings (SSSR count). The number of carbonyl (C=O) groups is 2. The van der Waals surface area contributed by atoms with Crippen LogP contribution < -0.4 is 10.1 Å². The molecule has 27 heavy (non-hydrogen) atoms. The number of aliphatic carboxylic acids is 1. The summed E-state index contributed by atoms with van der Waals surface area (Å²) in [5, 5.41) is 13.4. The molecule has 4 atom stereocenters. The van der Waals surface area contributed by atoms with Gasteiger partial charge in [0.1, 0.15) is 5.75 Å². The quantitative estimate of drug-likeness (QED) is 0.752. The molecule has 2 N–H and O–H groups in total. The summed E-state index contributed by atoms with van der Waals surface area (Å²) in [6.45, 7) is 5.38. The first-order valence-corrected chi connectivity index (χ1v) is 9.70. The molecule has 144 valence electrons. The van der Waals surface area contributed by atoms with Crippen LogP contribution in [0.25, 0.3) is 0 Å². The second-order valence-electron chi connectivity index (χ2n) is 8.64. The van der Waals surface area contributed by atoms with Crippen LogP contribution in [-0.2, 0) is 9.59 Å². The maximum Gasteiger partial charge on any atom is 0.309 e. The lowest BCUT2D eigenvalue weighted by molar-refractivity contribution is -0.158. The molecule has 5 nitrogen and oxygen atoms in total. The third-order valence-electron chi connectivity index (χ3n) is 6.47. The molecule has 0 heterocycles. The number of benzene rings is 1. The van der Waals surface area contributed by atoms with E-state index >= 15 is 0 Å². The Morgan fingerprint density at radius 1 is 1.30 bits per heavy atom. The Bertz CT molecular complexity index is 844. The lowest BCUT2D eigenvalue weighted by atomic mass is 9.45. The van der Waals surface area contributed by atoms with Crippen molar-refractivity contribution in [2.24, 2.45) is 17.3 Å². The molecule has 1 amide bonds. The van der Waals surface area contributed by atoms with Gasteiger partial charge in [-0.05, 0) is 63.8 Å². The average molecular weight is 390 g/mol. The van der Waals surface area contributed by atoms with Crippen LogP contribution in [0.15, 0.2) is 29.8 Å². The van der Waals surface area contributed by atoms with Crippen LogP contribution in [0, 0.1) is 24.2 Å². The van der Waals surface area contributed by atoms with Crippen molar-refractivity contribution in [3.05, 3.63) is 40.4 Å². The second kappa shape index (κ2) is 5.99. The molecule has 0 aromatic heterocycles. The van der Waals surface area contributed by atoms with Crippen LogP contribution in [0.1, 0.15) is 38.7 Å². The van der Waals surface area contributed by atoms with Gasteiger partial charge in [-0.1, -0.05) is 23.3 Å². The summed E-state index contributed by atoms with van der Waals surface area (Å²) < 4.78 is 5.98. The molecule has 2 unspecified atom stereocenters. The molecular formula is C21H24ClNO4. The highest BCUT2D eigenvalue weighted by atomic mass is 35.5. The standard InChI is InChI=1S/C21H24ClNO4/c1-11-8-12(22)4-5-16(11)27-20(2,3)18(24)23-17-14-9-21(19(25)26)7-6-13(14)15(17)10-21/h4-6,8,14-15,17H,7,9-10H2,1-3H3,(H,23,24)(H,25,26)/t14-,15+,17?,21?. The maximum absolute atomic E-state index is 12.9. The number of carbonyl (C=O) groups excluding carboxylic acids is 1. The molecule has 5 aliphatic rings. The van der Waals surface area contributed by atoms with Crippen molar-refractivity contribution in [2.75, 3.05) is 0 Å². The van der Waals surface area contributed by atoms with Crippen LogP contribution in [0.3, 0.4) is 0 Å². The number of halogens is 1. The Balaban J connectivity index is 1.45. The lowest BCUT2D eigenvalue weighted by Gasteiger charge is -2.61. The number of hydrogen-bond donors (Lipinski definition) is 2. The third-order valence-corrected chi connectivity index (χ3v) is 6.71. The molecule has 0 radical (unpaired) electrons. The number of carboxylic acid groups (broad SMARTS) is 1. The summed E-state index contributed by atoms with van der Waals surface area (Å²) in [4.78, 5) is 24.6. The number of allylic oxidation sites excluding steroid dienone is 1. The van der Waals surface area contributed by atoms with E-state index in [1.807, 2.05) is 6.92 Å². The van der Waals surface area contributed by atoms with E-state index in [9.17, 15) is 14.7 Å². The molecule has 1 aromatic carbocycles. The number of carboxylic acids is 1. The van der Waals surface area contributed by atoms with E-state index in [0.29, 0.717) is 30.0 Å². The van der Waals surface area contributed by atoms with Crippen molar-refractivity contribution >= 4 is 23.5 Å². The average Bonchev–Trinajstić information content (AvgIpc) is 2.62. The third kappa shape index (κ3) is 2.83. The first-order chi connectivity index (χ1) is 12.6. The van der Waals surface area contributed by atoms with Gasteiger partial charge >= 0.3 is 5.97 Å². The molecule has 0 aliphatic heterocycles. The zero-order chi connectivity index (χ0) is 19.6. The minimum atomic E-state index is -1.04. The van der Waals surface area contributed by atoms with Crippen molar-refractivity contribution in [3.63, 3.8) is 0 Å². The van der Waals surface area contributed by atoms with Gasteiger partial charge in [-0.3, -0.25) is 9.59 Å². The minimum absolute atomic E-state index is 0.00529. The van der Waals surface area contributed by atoms with Crippen LogP contribution in [0.5, 0.6) is 5.75 Å². The highest BCUT2D eigenvalue weighted by Gasteiger charge is 2.62. The number of ether oxygens (including phenoxy) is 1. The van der Waals surface area contributed by atoms with Crippen molar-refractivity contribution in [3.8, 4) is 5.75 Å². The molecule has 3 fully saturated rings. The van der Waals surface area contributed by atoms with E-state index in [4.69, 9.17) is 16.3 Å². The zero-order valence-electron chi connectivity index (χ0n) is 15.7. The number of rotatable bonds is 5. The number of fused-ring (bicyclic) bond motifs is 1. The Labute approximate surface area is 163 Å². The molecule has 1 aromatic rings. The number of nitrogens with one attached hydrogen (secondary N) is 1. The van der Waals surface area contributed by atoms with E-state index in [1.54, 1.807) is 32.0 Å². The molecule has 0 saturated heterocycles. The van der Waals surface area contributed by atoms with Gasteiger partial charge in [-0.15, -0.1) is 0 Å². The second-order valence-corrected chi connectivity index (χ2v) is 9.07. The van der Waals surface area contributed by atoms with E-state index in [2.05, 4.69) is 11.4 Å². The Morgan fingerprint density at radius 2 is 1.96 bits per heavy atom. The van der Waals surface area contributed by atoms with Crippen molar-refractivity contribution in [2.45, 2.75) is 51.7 Å². The van der Waals surface area contributed by atoms with Gasteiger partial charge in [-0.2, -0.15) is 0 Å². The normalized spacial score (nSPS) is 31.0. The molecule has 6 heteroatoms. The molecular weight excluding hydrogens is 366 g/mol. The number of amides is 1.